The van der Waals surface area contributed by atoms with Gasteiger partial charge in [0.1, 0.15) is 0 Å². The van der Waals surface area contributed by atoms with Gasteiger partial charge in [-0.3, -0.25) is 0 Å². The van der Waals surface area contributed by atoms with Crippen LogP contribution in [0.5, 0.6) is 5.75 Å². The van der Waals surface area contributed by atoms with Gasteiger partial charge in [-0.15, -0.1) is 0 Å². The van der Waals surface area contributed by atoms with Crippen molar-refractivity contribution in [2.75, 3.05) is 36.0 Å². The summed E-state index contributed by atoms with van der Waals surface area (Å²) in [6, 6.07) is 10.0. The summed E-state index contributed by atoms with van der Waals surface area (Å²) < 4.78 is 9.86. The molecule has 1 unspecified atom stereocenters. The molecule has 166 valence electrons. The van der Waals surface area contributed by atoms with E-state index >= 15 is 0 Å². The molecule has 1 amide bonds. The van der Waals surface area contributed by atoms with Crippen molar-refractivity contribution in [2.45, 2.75) is 35.4 Å². The molecule has 4 heterocycles. The van der Waals surface area contributed by atoms with Gasteiger partial charge in [0, 0.05) is 6.54 Å². The maximum absolute atomic E-state index is 12.6. The summed E-state index contributed by atoms with van der Waals surface area (Å²) in [5.41, 5.74) is 2.02. The Labute approximate surface area is 200 Å². The van der Waals surface area contributed by atoms with Gasteiger partial charge < -0.3 is 4.90 Å². The van der Waals surface area contributed by atoms with E-state index < -0.39 is 19.8 Å². The molecule has 1 N–H and O–H groups in total. The Balaban J connectivity index is 1.07. The number of nitrogens with zero attached hydrogens (tertiary/aromatic N) is 1. The van der Waals surface area contributed by atoms with E-state index in [2.05, 4.69) is 27.1 Å². The first kappa shape index (κ1) is 21.8. The number of nitrogens with one attached hydrogen (secondary N) is 1. The van der Waals surface area contributed by atoms with Crippen LogP contribution in [0.4, 0.5) is 5.69 Å². The number of amides is 1. The third-order valence-corrected chi connectivity index (χ3v) is 16.5. The average Bonchev–Trinajstić information content (AvgIpc) is 3.21. The van der Waals surface area contributed by atoms with Gasteiger partial charge in [0.05, 0.1) is 0 Å². The Kier molecular flexibility index (Phi) is 7.22. The molecule has 3 aliphatic heterocycles. The molecule has 2 fully saturated rings. The number of halogens is 1. The van der Waals surface area contributed by atoms with Crippen LogP contribution in [0.25, 0.3) is 3.58 Å². The molecular formula is C24H29IN2O2S2. The first-order chi connectivity index (χ1) is 15.3. The van der Waals surface area contributed by atoms with Gasteiger partial charge in [-0.25, -0.2) is 0 Å². The fourth-order valence-corrected chi connectivity index (χ4v) is 15.6. The molecule has 0 saturated carbocycles. The van der Waals surface area contributed by atoms with Crippen LogP contribution >= 0.6 is 42.9 Å². The van der Waals surface area contributed by atoms with Gasteiger partial charge in [-0.05, 0) is 32.4 Å². The van der Waals surface area contributed by atoms with Crippen molar-refractivity contribution in [3.8, 4) is 5.75 Å². The van der Waals surface area contributed by atoms with E-state index in [0.29, 0.717) is 6.42 Å². The maximum atomic E-state index is 12.6. The zero-order valence-electron chi connectivity index (χ0n) is 17.6. The summed E-state index contributed by atoms with van der Waals surface area (Å²) in [6.07, 6.45) is 5.51. The van der Waals surface area contributed by atoms with Crippen molar-refractivity contribution in [3.05, 3.63) is 51.6 Å². The summed E-state index contributed by atoms with van der Waals surface area (Å²) in [7, 11) is 0. The van der Waals surface area contributed by atoms with Crippen molar-refractivity contribution in [1.82, 2.24) is 4.90 Å². The summed E-state index contributed by atoms with van der Waals surface area (Å²) >= 11 is 2.91. The van der Waals surface area contributed by atoms with Crippen molar-refractivity contribution in [2.24, 2.45) is 0 Å². The van der Waals surface area contributed by atoms with Crippen LogP contribution in [0.15, 0.2) is 41.1 Å². The third kappa shape index (κ3) is 5.67. The minimum absolute atomic E-state index is 0.0530. The second-order valence-corrected chi connectivity index (χ2v) is 16.9. The molecule has 2 aromatic rings. The van der Waals surface area contributed by atoms with Gasteiger partial charge >= 0.3 is 151 Å². The zero-order chi connectivity index (χ0) is 21.0. The van der Waals surface area contributed by atoms with E-state index in [1.807, 2.05) is 36.0 Å². The van der Waals surface area contributed by atoms with Crippen molar-refractivity contribution >= 4 is 58.1 Å². The van der Waals surface area contributed by atoms with Crippen molar-refractivity contribution in [1.29, 1.82) is 0 Å². The van der Waals surface area contributed by atoms with E-state index in [4.69, 9.17) is 4.74 Å². The Morgan fingerprint density at radius 1 is 1.16 bits per heavy atom. The number of rotatable bonds is 9. The number of thioether (sulfide) groups is 1. The summed E-state index contributed by atoms with van der Waals surface area (Å²) in [4.78, 5) is 16.5. The number of carbonyl (C=O) groups is 1. The molecule has 31 heavy (non-hydrogen) atoms. The predicted octanol–water partition coefficient (Wildman–Crippen LogP) is 6.08. The Morgan fingerprint density at radius 2 is 2.00 bits per heavy atom. The van der Waals surface area contributed by atoms with Gasteiger partial charge in [0.25, 0.3) is 0 Å². The van der Waals surface area contributed by atoms with Crippen LogP contribution in [-0.4, -0.2) is 44.7 Å². The number of benzene rings is 1. The van der Waals surface area contributed by atoms with Crippen LogP contribution in [0.1, 0.15) is 36.1 Å². The number of carbonyl (C=O) groups excluding carboxylic acids is 1. The standard InChI is InChI=1S/C24H29IN2O2S2/c28-23(26-21-9-14-30-24(21)20-17-31-22-16-25(20)22)15-18-5-7-19(8-6-18)29-13-4-12-27-10-2-1-3-11-27/h5-9,14,17,22H,1-4,10-13,15-16H2,(H,26,28). The fourth-order valence-electron chi connectivity index (χ4n) is 4.10. The zero-order valence-corrected chi connectivity index (χ0v) is 21.4. The van der Waals surface area contributed by atoms with E-state index in [-0.39, 0.29) is 5.91 Å². The molecule has 7 heteroatoms. The molecular weight excluding hydrogens is 539 g/mol. The molecule has 1 atom stereocenters. The molecule has 5 rings (SSSR count). The van der Waals surface area contributed by atoms with E-state index in [0.717, 1.165) is 39.8 Å². The molecule has 4 nitrogen and oxygen atoms in total. The molecule has 2 saturated heterocycles. The van der Waals surface area contributed by atoms with E-state index in [1.165, 1.54) is 41.7 Å². The molecule has 0 bridgehead atoms. The SMILES string of the molecule is O=C(Cc1ccc(OCCCN2CCCCC2)cc1)Nc1ccsc1C1=CSC2CI12. The number of alkyl halides is 2. The van der Waals surface area contributed by atoms with Gasteiger partial charge in [0.2, 0.25) is 0 Å². The monoisotopic (exact) mass is 568 g/mol. The van der Waals surface area contributed by atoms with E-state index in [1.54, 1.807) is 14.9 Å². The predicted molar refractivity (Wildman–Crippen MR) is 142 cm³/mol. The van der Waals surface area contributed by atoms with Crippen LogP contribution in [0.3, 0.4) is 0 Å². The number of anilines is 1. The topological polar surface area (TPSA) is 41.6 Å². The number of thiophene rings is 1. The molecule has 0 spiro atoms. The first-order valence-electron chi connectivity index (χ1n) is 11.1. The number of ether oxygens (including phenoxy) is 1. The van der Waals surface area contributed by atoms with Crippen LogP contribution in [-0.2, 0) is 11.2 Å². The Morgan fingerprint density at radius 3 is 2.74 bits per heavy atom. The summed E-state index contributed by atoms with van der Waals surface area (Å²) in [5, 5.41) is 7.60. The molecule has 3 aliphatic rings. The van der Waals surface area contributed by atoms with Gasteiger partial charge in [-0.1, -0.05) is 6.42 Å². The van der Waals surface area contributed by atoms with Crippen LogP contribution in [0, 0.1) is 0 Å². The summed E-state index contributed by atoms with van der Waals surface area (Å²) in [5.74, 6) is 0.940. The van der Waals surface area contributed by atoms with Crippen LogP contribution < -0.4 is 10.1 Å². The van der Waals surface area contributed by atoms with Gasteiger partial charge in [-0.2, -0.15) is 0 Å². The quantitative estimate of drug-likeness (QED) is 0.226. The number of hydrogen-bond acceptors (Lipinski definition) is 5. The van der Waals surface area contributed by atoms with E-state index in [9.17, 15) is 4.79 Å². The molecule has 0 aliphatic carbocycles. The number of hydrogen-bond donors (Lipinski definition) is 1. The number of fused-ring (bicyclic) bond motifs is 1. The molecule has 1 aromatic heterocycles. The Bertz CT molecular complexity index is 937. The van der Waals surface area contributed by atoms with Crippen LogP contribution in [0.2, 0.25) is 0 Å². The number of likely N-dealkylation sites (tertiary alicyclic amines) is 1. The minimum atomic E-state index is -0.871. The molecule has 0 radical (unpaired) electrons. The number of piperidine rings is 1. The normalized spacial score (nSPS) is 21.5. The van der Waals surface area contributed by atoms with Crippen molar-refractivity contribution < 1.29 is 9.53 Å². The third-order valence-electron chi connectivity index (χ3n) is 5.84. The first-order valence-corrected chi connectivity index (χ1v) is 16.8. The second kappa shape index (κ2) is 10.3. The summed E-state index contributed by atoms with van der Waals surface area (Å²) in [6.45, 7) is 4.35. The van der Waals surface area contributed by atoms with Crippen molar-refractivity contribution in [3.63, 3.8) is 0 Å². The van der Waals surface area contributed by atoms with Gasteiger partial charge in [0.15, 0.2) is 0 Å². The fraction of sp³-hybridized carbons (Fsp3) is 0.458. The second-order valence-electron chi connectivity index (χ2n) is 8.20. The Hall–Kier alpha value is -1.03. The average molecular weight is 569 g/mol. The molecule has 1 aromatic carbocycles.